The average Bonchev–Trinajstić information content (AvgIpc) is 3.33. The number of aromatic nitrogens is 1. The molecule has 1 N–H and O–H groups in total. The first-order chi connectivity index (χ1) is 12.8. The molecule has 1 spiro atoms. The van der Waals surface area contributed by atoms with Gasteiger partial charge in [-0.05, 0) is 61.6 Å². The Hall–Kier alpha value is -1.78. The van der Waals surface area contributed by atoms with Crippen LogP contribution in [-0.2, 0) is 6.54 Å². The van der Waals surface area contributed by atoms with Crippen molar-refractivity contribution in [3.8, 4) is 0 Å². The van der Waals surface area contributed by atoms with Gasteiger partial charge in [0.15, 0.2) is 5.96 Å². The summed E-state index contributed by atoms with van der Waals surface area (Å²) < 4.78 is 0. The Kier molecular flexibility index (Phi) is 5.32. The zero-order valence-electron chi connectivity index (χ0n) is 16.2. The van der Waals surface area contributed by atoms with E-state index in [-0.39, 0.29) is 0 Å². The van der Waals surface area contributed by atoms with Crippen LogP contribution in [0.3, 0.4) is 0 Å². The summed E-state index contributed by atoms with van der Waals surface area (Å²) in [6, 6.07) is 4.37. The van der Waals surface area contributed by atoms with Crippen molar-refractivity contribution in [1.82, 2.24) is 15.2 Å². The SMILES string of the molecule is CN=C(NCc1ccnc(N2CCCCC2)c1)N1CCC2(CCCC2)C1. The molecule has 0 amide bonds. The van der Waals surface area contributed by atoms with Crippen molar-refractivity contribution in [3.63, 3.8) is 0 Å². The van der Waals surface area contributed by atoms with Crippen molar-refractivity contribution in [2.45, 2.75) is 57.9 Å². The number of likely N-dealkylation sites (tertiary alicyclic amines) is 1. The fourth-order valence-corrected chi connectivity index (χ4v) is 5.03. The van der Waals surface area contributed by atoms with E-state index in [4.69, 9.17) is 0 Å². The van der Waals surface area contributed by atoms with Crippen LogP contribution < -0.4 is 10.2 Å². The molecule has 1 aromatic heterocycles. The predicted molar refractivity (Wildman–Crippen MR) is 108 cm³/mol. The van der Waals surface area contributed by atoms with E-state index in [2.05, 4.69) is 37.2 Å². The number of nitrogens with zero attached hydrogens (tertiary/aromatic N) is 4. The second-order valence-electron chi connectivity index (χ2n) is 8.35. The van der Waals surface area contributed by atoms with Gasteiger partial charge in [-0.3, -0.25) is 4.99 Å². The largest absolute Gasteiger partial charge is 0.357 e. The summed E-state index contributed by atoms with van der Waals surface area (Å²) in [5.41, 5.74) is 1.87. The number of hydrogen-bond acceptors (Lipinski definition) is 3. The van der Waals surface area contributed by atoms with Crippen LogP contribution in [0.5, 0.6) is 0 Å². The third kappa shape index (κ3) is 3.81. The molecule has 3 fully saturated rings. The maximum absolute atomic E-state index is 4.59. The van der Waals surface area contributed by atoms with E-state index in [0.29, 0.717) is 5.41 Å². The summed E-state index contributed by atoms with van der Waals surface area (Å²) >= 11 is 0. The molecule has 1 aromatic rings. The van der Waals surface area contributed by atoms with Crippen molar-refractivity contribution in [1.29, 1.82) is 0 Å². The number of guanidine groups is 1. The molecule has 26 heavy (non-hydrogen) atoms. The lowest BCUT2D eigenvalue weighted by Gasteiger charge is -2.28. The quantitative estimate of drug-likeness (QED) is 0.666. The number of piperidine rings is 1. The number of nitrogens with one attached hydrogen (secondary N) is 1. The molecule has 3 aliphatic rings. The van der Waals surface area contributed by atoms with E-state index in [0.717, 1.165) is 38.0 Å². The number of hydrogen-bond donors (Lipinski definition) is 1. The Morgan fingerprint density at radius 1 is 1.12 bits per heavy atom. The minimum absolute atomic E-state index is 0.579. The number of aliphatic imine (C=N–C) groups is 1. The lowest BCUT2D eigenvalue weighted by atomic mass is 9.86. The smallest absolute Gasteiger partial charge is 0.193 e. The van der Waals surface area contributed by atoms with Crippen LogP contribution in [-0.4, -0.2) is 49.1 Å². The van der Waals surface area contributed by atoms with Crippen LogP contribution in [0.1, 0.15) is 56.9 Å². The lowest BCUT2D eigenvalue weighted by Crippen LogP contribution is -2.40. The second kappa shape index (κ2) is 7.85. The van der Waals surface area contributed by atoms with Crippen LogP contribution in [0.25, 0.3) is 0 Å². The van der Waals surface area contributed by atoms with E-state index in [9.17, 15) is 0 Å². The maximum Gasteiger partial charge on any atom is 0.193 e. The highest BCUT2D eigenvalue weighted by atomic mass is 15.3. The molecule has 4 rings (SSSR count). The summed E-state index contributed by atoms with van der Waals surface area (Å²) in [5, 5.41) is 3.59. The van der Waals surface area contributed by atoms with E-state index in [1.54, 1.807) is 0 Å². The number of pyridine rings is 1. The monoisotopic (exact) mass is 355 g/mol. The average molecular weight is 356 g/mol. The van der Waals surface area contributed by atoms with Gasteiger partial charge in [-0.25, -0.2) is 4.98 Å². The van der Waals surface area contributed by atoms with Gasteiger partial charge in [-0.2, -0.15) is 0 Å². The van der Waals surface area contributed by atoms with Crippen molar-refractivity contribution < 1.29 is 0 Å². The van der Waals surface area contributed by atoms with E-state index in [1.165, 1.54) is 63.5 Å². The lowest BCUT2D eigenvalue weighted by molar-refractivity contribution is 0.309. The summed E-state index contributed by atoms with van der Waals surface area (Å²) in [5.74, 6) is 2.19. The van der Waals surface area contributed by atoms with E-state index < -0.39 is 0 Å². The van der Waals surface area contributed by atoms with Crippen LogP contribution in [0.2, 0.25) is 0 Å². The van der Waals surface area contributed by atoms with E-state index in [1.807, 2.05) is 13.2 Å². The highest BCUT2D eigenvalue weighted by Gasteiger charge is 2.41. The number of rotatable bonds is 3. The van der Waals surface area contributed by atoms with Gasteiger partial charge in [-0.15, -0.1) is 0 Å². The summed E-state index contributed by atoms with van der Waals surface area (Å²) in [6.45, 7) is 5.43. The predicted octanol–water partition coefficient (Wildman–Crippen LogP) is 3.41. The molecule has 0 atom stereocenters. The van der Waals surface area contributed by atoms with Crippen LogP contribution in [0, 0.1) is 5.41 Å². The third-order valence-corrected chi connectivity index (χ3v) is 6.55. The highest BCUT2D eigenvalue weighted by molar-refractivity contribution is 5.80. The van der Waals surface area contributed by atoms with E-state index >= 15 is 0 Å². The third-order valence-electron chi connectivity index (χ3n) is 6.55. The van der Waals surface area contributed by atoms with Crippen LogP contribution in [0.4, 0.5) is 5.82 Å². The molecule has 2 aliphatic heterocycles. The molecule has 2 saturated heterocycles. The summed E-state index contributed by atoms with van der Waals surface area (Å²) in [7, 11) is 1.91. The minimum atomic E-state index is 0.579. The molecule has 0 aromatic carbocycles. The Labute approximate surface area is 157 Å². The minimum Gasteiger partial charge on any atom is -0.357 e. The molecule has 3 heterocycles. The fourth-order valence-electron chi connectivity index (χ4n) is 5.03. The first-order valence-electron chi connectivity index (χ1n) is 10.4. The molecular formula is C21H33N5. The molecule has 0 unspecified atom stereocenters. The topological polar surface area (TPSA) is 43.8 Å². The zero-order valence-corrected chi connectivity index (χ0v) is 16.2. The van der Waals surface area contributed by atoms with Gasteiger partial charge >= 0.3 is 0 Å². The van der Waals surface area contributed by atoms with Gasteiger partial charge in [0, 0.05) is 46.0 Å². The van der Waals surface area contributed by atoms with Crippen LogP contribution >= 0.6 is 0 Å². The van der Waals surface area contributed by atoms with Crippen molar-refractivity contribution >= 4 is 11.8 Å². The summed E-state index contributed by atoms with van der Waals surface area (Å²) in [4.78, 5) is 14.0. The summed E-state index contributed by atoms with van der Waals surface area (Å²) in [6.07, 6.45) is 12.8. The van der Waals surface area contributed by atoms with Crippen LogP contribution in [0.15, 0.2) is 23.3 Å². The first-order valence-corrected chi connectivity index (χ1v) is 10.4. The fraction of sp³-hybridized carbons (Fsp3) is 0.714. The zero-order chi connectivity index (χ0) is 17.8. The second-order valence-corrected chi connectivity index (χ2v) is 8.35. The molecule has 5 nitrogen and oxygen atoms in total. The van der Waals surface area contributed by atoms with Crippen molar-refractivity contribution in [2.24, 2.45) is 10.4 Å². The first kappa shape index (κ1) is 17.6. The molecule has 142 valence electrons. The molecule has 1 aliphatic carbocycles. The molecule has 5 heteroatoms. The molecule has 0 bridgehead atoms. The maximum atomic E-state index is 4.59. The molecule has 0 radical (unpaired) electrons. The van der Waals surface area contributed by atoms with Crippen molar-refractivity contribution in [3.05, 3.63) is 23.9 Å². The van der Waals surface area contributed by atoms with Gasteiger partial charge in [0.25, 0.3) is 0 Å². The van der Waals surface area contributed by atoms with Gasteiger partial charge in [-0.1, -0.05) is 12.8 Å². The normalized spacial score (nSPS) is 23.0. The Balaban J connectivity index is 1.35. The van der Waals surface area contributed by atoms with Gasteiger partial charge in [0.05, 0.1) is 0 Å². The molecular weight excluding hydrogens is 322 g/mol. The Morgan fingerprint density at radius 2 is 1.92 bits per heavy atom. The van der Waals surface area contributed by atoms with Gasteiger partial charge in [0.2, 0.25) is 0 Å². The van der Waals surface area contributed by atoms with Crippen molar-refractivity contribution in [2.75, 3.05) is 38.1 Å². The molecule has 1 saturated carbocycles. The highest BCUT2D eigenvalue weighted by Crippen LogP contribution is 2.45. The van der Waals surface area contributed by atoms with Gasteiger partial charge in [0.1, 0.15) is 5.82 Å². The standard InChI is InChI=1S/C21H33N5/c1-22-20(26-14-10-21(17-26)8-3-4-9-21)24-16-18-7-11-23-19(15-18)25-12-5-2-6-13-25/h7,11,15H,2-6,8-10,12-14,16-17H2,1H3,(H,22,24). The number of anilines is 1. The van der Waals surface area contributed by atoms with Gasteiger partial charge < -0.3 is 15.1 Å². The Bertz CT molecular complexity index is 629. The Morgan fingerprint density at radius 3 is 2.69 bits per heavy atom.